The second-order valence-corrected chi connectivity index (χ2v) is 5.66. The Morgan fingerprint density at radius 1 is 1.29 bits per heavy atom. The van der Waals surface area contributed by atoms with E-state index in [-0.39, 0.29) is 18.3 Å². The largest absolute Gasteiger partial charge is 0.387 e. The number of aliphatic hydroxyl groups excluding tert-OH is 1. The van der Waals surface area contributed by atoms with E-state index in [4.69, 9.17) is 4.52 Å². The third-order valence-corrected chi connectivity index (χ3v) is 3.34. The molecule has 0 spiro atoms. The third-order valence-electron chi connectivity index (χ3n) is 3.34. The number of benzene rings is 1. The fourth-order valence-corrected chi connectivity index (χ4v) is 1.94. The number of nitrogens with zero attached hydrogens (tertiary/aromatic N) is 2. The van der Waals surface area contributed by atoms with Gasteiger partial charge in [-0.3, -0.25) is 0 Å². The van der Waals surface area contributed by atoms with Gasteiger partial charge < -0.3 is 20.3 Å². The first kappa shape index (κ1) is 17.9. The Bertz CT molecular complexity index is 658. The molecule has 24 heavy (non-hydrogen) atoms. The minimum Gasteiger partial charge on any atom is -0.387 e. The second-order valence-electron chi connectivity index (χ2n) is 5.66. The summed E-state index contributed by atoms with van der Waals surface area (Å²) in [6.07, 6.45) is -0.478. The van der Waals surface area contributed by atoms with Crippen molar-refractivity contribution in [2.75, 3.05) is 13.1 Å². The number of amides is 2. The molecule has 0 aliphatic carbocycles. The molecule has 0 fully saturated rings. The van der Waals surface area contributed by atoms with Crippen molar-refractivity contribution in [3.63, 3.8) is 0 Å². The van der Waals surface area contributed by atoms with Crippen molar-refractivity contribution in [3.05, 3.63) is 47.4 Å². The van der Waals surface area contributed by atoms with Crippen molar-refractivity contribution >= 4 is 6.03 Å². The van der Waals surface area contributed by atoms with Crippen molar-refractivity contribution in [2.24, 2.45) is 0 Å². The predicted octanol–water partition coefficient (Wildman–Crippen LogP) is 1.91. The average Bonchev–Trinajstić information content (AvgIpc) is 3.02. The van der Waals surface area contributed by atoms with Crippen LogP contribution in [0.25, 0.3) is 0 Å². The first-order valence-electron chi connectivity index (χ1n) is 7.73. The molecule has 1 unspecified atom stereocenters. The highest BCUT2D eigenvalue weighted by Gasteiger charge is 2.11. The molecule has 3 N–H and O–H groups in total. The van der Waals surface area contributed by atoms with Crippen LogP contribution in [-0.4, -0.2) is 34.4 Å². The van der Waals surface area contributed by atoms with Gasteiger partial charge in [-0.15, -0.1) is 0 Å². The van der Waals surface area contributed by atoms with Crippen molar-refractivity contribution in [1.82, 2.24) is 20.8 Å². The number of carbonyl (C=O) groups excluding carboxylic acids is 1. The molecule has 0 bridgehead atoms. The highest BCUT2D eigenvalue weighted by atomic mass is 19.1. The van der Waals surface area contributed by atoms with Crippen molar-refractivity contribution < 1.29 is 18.8 Å². The summed E-state index contributed by atoms with van der Waals surface area (Å²) in [5, 5.41) is 18.9. The zero-order valence-corrected chi connectivity index (χ0v) is 13.6. The molecule has 0 saturated carbocycles. The normalized spacial score (nSPS) is 12.2. The minimum atomic E-state index is -0.902. The zero-order chi connectivity index (χ0) is 17.5. The lowest BCUT2D eigenvalue weighted by molar-refractivity contribution is 0.173. The number of rotatable bonds is 7. The van der Waals surface area contributed by atoms with Crippen LogP contribution < -0.4 is 10.6 Å². The predicted molar refractivity (Wildman–Crippen MR) is 84.9 cm³/mol. The highest BCUT2D eigenvalue weighted by molar-refractivity contribution is 5.73. The number of nitrogens with one attached hydrogen (secondary N) is 2. The van der Waals surface area contributed by atoms with Gasteiger partial charge in [0.05, 0.1) is 6.10 Å². The molecule has 2 rings (SSSR count). The maximum absolute atomic E-state index is 12.8. The lowest BCUT2D eigenvalue weighted by Crippen LogP contribution is -2.38. The second kappa shape index (κ2) is 8.39. The lowest BCUT2D eigenvalue weighted by Gasteiger charge is -2.12. The van der Waals surface area contributed by atoms with Gasteiger partial charge in [0.25, 0.3) is 0 Å². The molecule has 1 aromatic heterocycles. The van der Waals surface area contributed by atoms with E-state index in [1.165, 1.54) is 24.3 Å². The van der Waals surface area contributed by atoms with Crippen LogP contribution in [0.4, 0.5) is 9.18 Å². The molecule has 7 nitrogen and oxygen atoms in total. The summed E-state index contributed by atoms with van der Waals surface area (Å²) in [5.74, 6) is 0.909. The number of urea groups is 1. The molecule has 2 amide bonds. The molecule has 0 aliphatic heterocycles. The van der Waals surface area contributed by atoms with Crippen molar-refractivity contribution in [1.29, 1.82) is 0 Å². The number of hydrogen-bond donors (Lipinski definition) is 3. The van der Waals surface area contributed by atoms with Gasteiger partial charge in [0, 0.05) is 25.4 Å². The molecule has 1 atom stereocenters. The van der Waals surface area contributed by atoms with E-state index < -0.39 is 12.1 Å². The van der Waals surface area contributed by atoms with Gasteiger partial charge in [-0.05, 0) is 17.7 Å². The summed E-state index contributed by atoms with van der Waals surface area (Å²) in [5.41, 5.74) is 0.531. The van der Waals surface area contributed by atoms with Crippen LogP contribution in [0.1, 0.15) is 43.1 Å². The molecule has 0 radical (unpaired) electrons. The SMILES string of the molecule is CC(C)c1noc(CCNC(=O)NCC(O)c2ccc(F)cc2)n1. The topological polar surface area (TPSA) is 100 Å². The summed E-state index contributed by atoms with van der Waals surface area (Å²) < 4.78 is 17.9. The van der Waals surface area contributed by atoms with Crippen LogP contribution in [0.15, 0.2) is 28.8 Å². The monoisotopic (exact) mass is 336 g/mol. The number of carbonyl (C=O) groups is 1. The molecule has 130 valence electrons. The van der Waals surface area contributed by atoms with Gasteiger partial charge in [0.2, 0.25) is 5.89 Å². The van der Waals surface area contributed by atoms with Gasteiger partial charge in [-0.25, -0.2) is 9.18 Å². The average molecular weight is 336 g/mol. The summed E-state index contributed by atoms with van der Waals surface area (Å²) >= 11 is 0. The number of aliphatic hydroxyl groups is 1. The molecule has 2 aromatic rings. The van der Waals surface area contributed by atoms with E-state index in [1.807, 2.05) is 13.8 Å². The number of hydrogen-bond acceptors (Lipinski definition) is 5. The Balaban J connectivity index is 1.68. The standard InChI is InChI=1S/C16H21FN4O3/c1-10(2)15-20-14(24-21-15)7-8-18-16(23)19-9-13(22)11-3-5-12(17)6-4-11/h3-6,10,13,22H,7-9H2,1-2H3,(H2,18,19,23). The van der Waals surface area contributed by atoms with E-state index >= 15 is 0 Å². The maximum Gasteiger partial charge on any atom is 0.314 e. The fourth-order valence-electron chi connectivity index (χ4n) is 1.94. The van der Waals surface area contributed by atoms with Gasteiger partial charge in [-0.2, -0.15) is 4.98 Å². The first-order chi connectivity index (χ1) is 11.5. The number of halogens is 1. The van der Waals surface area contributed by atoms with Gasteiger partial charge in [-0.1, -0.05) is 31.1 Å². The Hall–Kier alpha value is -2.48. The summed E-state index contributed by atoms with van der Waals surface area (Å²) in [6.45, 7) is 4.28. The molecule has 8 heteroatoms. The van der Waals surface area contributed by atoms with E-state index in [0.29, 0.717) is 30.2 Å². The van der Waals surface area contributed by atoms with Crippen LogP contribution in [0.5, 0.6) is 0 Å². The Morgan fingerprint density at radius 3 is 2.62 bits per heavy atom. The Kier molecular flexibility index (Phi) is 6.25. The Morgan fingerprint density at radius 2 is 2.00 bits per heavy atom. The van der Waals surface area contributed by atoms with Crippen LogP contribution in [-0.2, 0) is 6.42 Å². The molecule has 1 aromatic carbocycles. The van der Waals surface area contributed by atoms with Gasteiger partial charge >= 0.3 is 6.03 Å². The highest BCUT2D eigenvalue weighted by Crippen LogP contribution is 2.12. The van der Waals surface area contributed by atoms with Gasteiger partial charge in [0.1, 0.15) is 5.82 Å². The van der Waals surface area contributed by atoms with Crippen molar-refractivity contribution in [2.45, 2.75) is 32.3 Å². The van der Waals surface area contributed by atoms with Gasteiger partial charge in [0.15, 0.2) is 5.82 Å². The molecular formula is C16H21FN4O3. The van der Waals surface area contributed by atoms with Crippen LogP contribution in [0.3, 0.4) is 0 Å². The van der Waals surface area contributed by atoms with Crippen LogP contribution in [0.2, 0.25) is 0 Å². The summed E-state index contributed by atoms with van der Waals surface area (Å²) in [6, 6.07) is 5.05. The summed E-state index contributed by atoms with van der Waals surface area (Å²) in [4.78, 5) is 15.9. The molecular weight excluding hydrogens is 315 g/mol. The number of aromatic nitrogens is 2. The maximum atomic E-state index is 12.8. The lowest BCUT2D eigenvalue weighted by atomic mass is 10.1. The smallest absolute Gasteiger partial charge is 0.314 e. The van der Waals surface area contributed by atoms with E-state index in [2.05, 4.69) is 20.8 Å². The first-order valence-corrected chi connectivity index (χ1v) is 7.73. The molecule has 1 heterocycles. The van der Waals surface area contributed by atoms with Crippen LogP contribution >= 0.6 is 0 Å². The zero-order valence-electron chi connectivity index (χ0n) is 13.6. The quantitative estimate of drug-likeness (QED) is 0.717. The fraction of sp³-hybridized carbons (Fsp3) is 0.438. The third kappa shape index (κ3) is 5.31. The molecule has 0 aliphatic rings. The van der Waals surface area contributed by atoms with E-state index in [0.717, 1.165) is 0 Å². The van der Waals surface area contributed by atoms with E-state index in [1.54, 1.807) is 0 Å². The van der Waals surface area contributed by atoms with Crippen molar-refractivity contribution in [3.8, 4) is 0 Å². The Labute approximate surface area is 139 Å². The summed E-state index contributed by atoms with van der Waals surface area (Å²) in [7, 11) is 0. The molecule has 0 saturated heterocycles. The van der Waals surface area contributed by atoms with Crippen LogP contribution in [0, 0.1) is 5.82 Å². The minimum absolute atomic E-state index is 0.0233. The van der Waals surface area contributed by atoms with E-state index in [9.17, 15) is 14.3 Å².